The quantitative estimate of drug-likeness (QED) is 0.846. The number of carbonyl (C=O) groups is 1. The number of carbonyl (C=O) groups excluding carboxylic acids is 1. The predicted molar refractivity (Wildman–Crippen MR) is 86.3 cm³/mol. The first kappa shape index (κ1) is 14.3. The molecular weight excluding hydrogens is 314 g/mol. The van der Waals surface area contributed by atoms with Gasteiger partial charge < -0.3 is 14.2 Å². The van der Waals surface area contributed by atoms with Crippen LogP contribution in [0.4, 0.5) is 0 Å². The second-order valence-electron chi connectivity index (χ2n) is 5.26. The normalized spacial score (nSPS) is 18.4. The summed E-state index contributed by atoms with van der Waals surface area (Å²) < 4.78 is 16.8. The number of fused-ring (bicyclic) bond motifs is 4. The lowest BCUT2D eigenvalue weighted by Gasteiger charge is -2.40. The number of hydrogen-bond donors (Lipinski definition) is 0. The Morgan fingerprint density at radius 2 is 1.91 bits per heavy atom. The van der Waals surface area contributed by atoms with E-state index in [4.69, 9.17) is 14.2 Å². The molecule has 118 valence electrons. The number of hydrogen-bond acceptors (Lipinski definition) is 5. The fourth-order valence-electron chi connectivity index (χ4n) is 2.88. The number of nitrogens with zero attached hydrogens (tertiary/aromatic N) is 1. The lowest BCUT2D eigenvalue weighted by molar-refractivity contribution is 0.0145. The van der Waals surface area contributed by atoms with Crippen molar-refractivity contribution in [3.8, 4) is 17.2 Å². The summed E-state index contributed by atoms with van der Waals surface area (Å²) in [6, 6.07) is 11.2. The van der Waals surface area contributed by atoms with Crippen LogP contribution in [-0.4, -0.2) is 30.9 Å². The van der Waals surface area contributed by atoms with E-state index in [1.165, 1.54) is 0 Å². The summed E-state index contributed by atoms with van der Waals surface area (Å²) in [4.78, 5) is 15.5. The third kappa shape index (κ3) is 2.13. The molecule has 2 aromatic rings. The van der Waals surface area contributed by atoms with Gasteiger partial charge in [-0.3, -0.25) is 9.69 Å². The Hall–Kier alpha value is -2.34. The largest absolute Gasteiger partial charge is 0.493 e. The zero-order valence-electron chi connectivity index (χ0n) is 12.7. The second-order valence-corrected chi connectivity index (χ2v) is 6.25. The molecule has 1 unspecified atom stereocenters. The molecule has 2 aliphatic heterocycles. The molecule has 0 spiro atoms. The van der Waals surface area contributed by atoms with Crippen molar-refractivity contribution < 1.29 is 19.0 Å². The average molecular weight is 329 g/mol. The fraction of sp³-hybridized carbons (Fsp3) is 0.235. The van der Waals surface area contributed by atoms with Crippen molar-refractivity contribution in [3.63, 3.8) is 0 Å². The molecule has 0 saturated heterocycles. The first-order chi connectivity index (χ1) is 11.2. The van der Waals surface area contributed by atoms with Crippen LogP contribution in [0.3, 0.4) is 0 Å². The van der Waals surface area contributed by atoms with Crippen LogP contribution in [0, 0.1) is 0 Å². The smallest absolute Gasteiger partial charge is 0.261 e. The first-order valence-electron chi connectivity index (χ1n) is 7.18. The molecule has 2 aliphatic rings. The number of para-hydroxylation sites is 1. The van der Waals surface area contributed by atoms with Crippen molar-refractivity contribution in [3.05, 3.63) is 47.5 Å². The average Bonchev–Trinajstić information content (AvgIpc) is 2.60. The molecule has 5 nitrogen and oxygen atoms in total. The van der Waals surface area contributed by atoms with Gasteiger partial charge in [0.1, 0.15) is 5.75 Å². The van der Waals surface area contributed by atoms with E-state index < -0.39 is 6.23 Å². The van der Waals surface area contributed by atoms with Gasteiger partial charge in [0.25, 0.3) is 5.91 Å². The van der Waals surface area contributed by atoms with E-state index in [0.717, 1.165) is 10.5 Å². The molecule has 4 rings (SSSR count). The Kier molecular flexibility index (Phi) is 3.34. The standard InChI is InChI=1S/C17H15NO4S/c1-20-13-7-11-15(8-14(13)21-2)23-9-18-16(19)10-5-3-4-6-12(10)22-17(11)18/h3-8,17H,9H2,1-2H3. The van der Waals surface area contributed by atoms with Gasteiger partial charge in [0.05, 0.1) is 25.7 Å². The minimum atomic E-state index is -0.437. The van der Waals surface area contributed by atoms with E-state index in [-0.39, 0.29) is 5.91 Å². The molecule has 0 aromatic heterocycles. The molecule has 0 aliphatic carbocycles. The van der Waals surface area contributed by atoms with Crippen LogP contribution in [0.1, 0.15) is 22.1 Å². The Morgan fingerprint density at radius 3 is 2.70 bits per heavy atom. The summed E-state index contributed by atoms with van der Waals surface area (Å²) in [5.74, 6) is 2.45. The number of benzene rings is 2. The van der Waals surface area contributed by atoms with Gasteiger partial charge in [-0.25, -0.2) is 0 Å². The molecule has 23 heavy (non-hydrogen) atoms. The molecule has 2 aromatic carbocycles. The molecule has 0 radical (unpaired) electrons. The molecule has 1 atom stereocenters. The maximum Gasteiger partial charge on any atom is 0.261 e. The van der Waals surface area contributed by atoms with Gasteiger partial charge >= 0.3 is 0 Å². The number of methoxy groups -OCH3 is 2. The molecule has 6 heteroatoms. The highest BCUT2D eigenvalue weighted by Crippen LogP contribution is 2.47. The van der Waals surface area contributed by atoms with Gasteiger partial charge in [-0.2, -0.15) is 0 Å². The summed E-state index contributed by atoms with van der Waals surface area (Å²) in [7, 11) is 3.21. The molecular formula is C17H15NO4S. The van der Waals surface area contributed by atoms with Gasteiger partial charge in [-0.15, -0.1) is 11.8 Å². The number of rotatable bonds is 2. The van der Waals surface area contributed by atoms with Gasteiger partial charge in [0, 0.05) is 10.5 Å². The minimum absolute atomic E-state index is 0.00946. The maximum atomic E-state index is 12.7. The van der Waals surface area contributed by atoms with Gasteiger partial charge in [-0.05, 0) is 24.3 Å². The van der Waals surface area contributed by atoms with Gasteiger partial charge in [0.2, 0.25) is 6.23 Å². The third-order valence-corrected chi connectivity index (χ3v) is 5.11. The monoisotopic (exact) mass is 329 g/mol. The molecule has 0 fully saturated rings. The van der Waals surface area contributed by atoms with E-state index >= 15 is 0 Å². The van der Waals surface area contributed by atoms with Crippen LogP contribution < -0.4 is 14.2 Å². The zero-order chi connectivity index (χ0) is 16.0. The molecule has 0 N–H and O–H groups in total. The summed E-state index contributed by atoms with van der Waals surface area (Å²) in [6.07, 6.45) is -0.437. The van der Waals surface area contributed by atoms with Gasteiger partial charge in [0.15, 0.2) is 11.5 Å². The summed E-state index contributed by atoms with van der Waals surface area (Å²) in [6.45, 7) is 0. The highest BCUT2D eigenvalue weighted by Gasteiger charge is 2.39. The first-order valence-corrected chi connectivity index (χ1v) is 8.17. The van der Waals surface area contributed by atoms with Crippen molar-refractivity contribution in [2.45, 2.75) is 11.1 Å². The van der Waals surface area contributed by atoms with Crippen molar-refractivity contribution in [1.82, 2.24) is 4.90 Å². The molecule has 0 saturated carbocycles. The predicted octanol–water partition coefficient (Wildman–Crippen LogP) is 3.30. The van der Waals surface area contributed by atoms with Gasteiger partial charge in [-0.1, -0.05) is 12.1 Å². The van der Waals surface area contributed by atoms with Crippen LogP contribution >= 0.6 is 11.8 Å². The molecule has 2 heterocycles. The SMILES string of the molecule is COc1cc2c(cc1OC)C1Oc3ccccc3C(=O)N1CS2. The lowest BCUT2D eigenvalue weighted by Crippen LogP contribution is -2.43. The van der Waals surface area contributed by atoms with Crippen molar-refractivity contribution in [2.24, 2.45) is 0 Å². The lowest BCUT2D eigenvalue weighted by atomic mass is 10.1. The third-order valence-electron chi connectivity index (χ3n) is 4.04. The summed E-state index contributed by atoms with van der Waals surface area (Å²) in [5.41, 5.74) is 1.52. The summed E-state index contributed by atoms with van der Waals surface area (Å²) >= 11 is 1.59. The van der Waals surface area contributed by atoms with E-state index in [1.54, 1.807) is 36.9 Å². The zero-order valence-corrected chi connectivity index (χ0v) is 13.6. The minimum Gasteiger partial charge on any atom is -0.493 e. The van der Waals surface area contributed by atoms with E-state index in [9.17, 15) is 4.79 Å². The Balaban J connectivity index is 1.83. The number of thioether (sulfide) groups is 1. The topological polar surface area (TPSA) is 48.0 Å². The van der Waals surface area contributed by atoms with Crippen molar-refractivity contribution in [2.75, 3.05) is 20.1 Å². The summed E-state index contributed by atoms with van der Waals surface area (Å²) in [5, 5.41) is 0. The number of ether oxygens (including phenoxy) is 3. The Labute approximate surface area is 138 Å². The highest BCUT2D eigenvalue weighted by molar-refractivity contribution is 7.99. The van der Waals surface area contributed by atoms with E-state index in [1.807, 2.05) is 30.3 Å². The second kappa shape index (κ2) is 5.38. The maximum absolute atomic E-state index is 12.7. The van der Waals surface area contributed by atoms with E-state index in [0.29, 0.717) is 28.7 Å². The molecule has 1 amide bonds. The van der Waals surface area contributed by atoms with Crippen molar-refractivity contribution >= 4 is 17.7 Å². The Bertz CT molecular complexity index is 792. The highest BCUT2D eigenvalue weighted by atomic mass is 32.2. The van der Waals surface area contributed by atoms with Crippen LogP contribution in [0.25, 0.3) is 0 Å². The Morgan fingerprint density at radius 1 is 1.17 bits per heavy atom. The van der Waals surface area contributed by atoms with E-state index in [2.05, 4.69) is 0 Å². The van der Waals surface area contributed by atoms with Crippen LogP contribution in [0.15, 0.2) is 41.3 Å². The van der Waals surface area contributed by atoms with Crippen LogP contribution in [-0.2, 0) is 0 Å². The number of amides is 1. The molecule has 0 bridgehead atoms. The van der Waals surface area contributed by atoms with Crippen LogP contribution in [0.5, 0.6) is 17.2 Å². The van der Waals surface area contributed by atoms with Crippen LogP contribution in [0.2, 0.25) is 0 Å². The van der Waals surface area contributed by atoms with Crippen molar-refractivity contribution in [1.29, 1.82) is 0 Å². The fourth-order valence-corrected chi connectivity index (χ4v) is 3.93.